The molecule has 0 aliphatic heterocycles. The second-order valence-corrected chi connectivity index (χ2v) is 25.9. The zero-order chi connectivity index (χ0) is 60.9. The molecular formula is C78H114N6O3. The van der Waals surface area contributed by atoms with E-state index in [9.17, 15) is 0 Å². The van der Waals surface area contributed by atoms with Crippen molar-refractivity contribution in [3.05, 3.63) is 127 Å². The summed E-state index contributed by atoms with van der Waals surface area (Å²) in [5, 5.41) is 0. The van der Waals surface area contributed by atoms with Crippen LogP contribution in [-0.4, -0.2) is 49.7 Å². The maximum Gasteiger partial charge on any atom is 0.159 e. The molecule has 0 spiro atoms. The summed E-state index contributed by atoms with van der Waals surface area (Å²) in [5.74, 6) is 9.96. The Kier molecular flexibility index (Phi) is 32.2. The molecule has 87 heavy (non-hydrogen) atoms. The summed E-state index contributed by atoms with van der Waals surface area (Å²) in [6.07, 6.45) is 55.3. The zero-order valence-electron chi connectivity index (χ0n) is 55.2. The number of nitrogens with zero attached hydrogens (tertiary/aromatic N) is 6. The molecule has 0 atom stereocenters. The molecule has 0 saturated heterocycles. The van der Waals surface area contributed by atoms with Gasteiger partial charge in [-0.3, -0.25) is 0 Å². The predicted octanol–water partition coefficient (Wildman–Crippen LogP) is 22.7. The van der Waals surface area contributed by atoms with Crippen LogP contribution in [0.15, 0.2) is 110 Å². The first-order valence-corrected chi connectivity index (χ1v) is 35.5. The van der Waals surface area contributed by atoms with Gasteiger partial charge in [0.2, 0.25) is 0 Å². The smallest absolute Gasteiger partial charge is 0.159 e. The number of hydrogen-bond acceptors (Lipinski definition) is 9. The molecule has 3 saturated carbocycles. The molecule has 3 aromatic heterocycles. The lowest BCUT2D eigenvalue weighted by Gasteiger charge is -2.28. The first-order valence-electron chi connectivity index (χ1n) is 35.5. The number of hydrogen-bond donors (Lipinski definition) is 0. The van der Waals surface area contributed by atoms with Crippen LogP contribution in [0, 0.1) is 17.8 Å². The van der Waals surface area contributed by atoms with E-state index >= 15 is 0 Å². The lowest BCUT2D eigenvalue weighted by Crippen LogP contribution is -2.13. The van der Waals surface area contributed by atoms with Crippen molar-refractivity contribution in [1.82, 2.24) is 29.9 Å². The Morgan fingerprint density at radius 2 is 0.563 bits per heavy atom. The third kappa shape index (κ3) is 24.7. The maximum absolute atomic E-state index is 5.87. The fraction of sp³-hybridized carbons (Fsp3) is 0.615. The Labute approximate surface area is 528 Å². The van der Waals surface area contributed by atoms with Gasteiger partial charge in [-0.25, -0.2) is 29.9 Å². The summed E-state index contributed by atoms with van der Waals surface area (Å²) in [4.78, 5) is 28.0. The highest BCUT2D eigenvalue weighted by Crippen LogP contribution is 2.40. The van der Waals surface area contributed by atoms with Crippen molar-refractivity contribution in [2.75, 3.05) is 19.8 Å². The standard InChI is InChI=1S/C27H40N2O.C26H38N2O.C25H36N2O/c1-3-5-7-8-9-19-30-26-17-15-24(16-18-26)27-28-20-25(21-29-27)23-13-11-22(12-14-23)10-6-4-2;1-3-5-6-7-8-18-29-25-16-14-23(15-17-25)26-27-19-24(20-28-26)22-12-10-21(9-4-2)11-13-22;1-3-5-6-7-8-17-28-24-15-13-22(14-16-24)25-26-18-23(19-27-25)21-11-9-20(4-2)10-12-21/h15-18,20-23H,3-14,19H2,1-2H3;14-17,19-22H,3-13,18H2,1-2H3;13-16,18-21H,3-12,17H2,1-2H3. The van der Waals surface area contributed by atoms with Crippen LogP contribution in [0.5, 0.6) is 17.2 Å². The van der Waals surface area contributed by atoms with E-state index in [1.54, 1.807) is 0 Å². The van der Waals surface area contributed by atoms with Crippen LogP contribution in [0.25, 0.3) is 34.2 Å². The van der Waals surface area contributed by atoms with Crippen molar-refractivity contribution in [1.29, 1.82) is 0 Å². The largest absolute Gasteiger partial charge is 0.494 e. The lowest BCUT2D eigenvalue weighted by atomic mass is 9.78. The topological polar surface area (TPSA) is 105 Å². The molecule has 0 bridgehead atoms. The van der Waals surface area contributed by atoms with Crippen LogP contribution in [0.3, 0.4) is 0 Å². The fourth-order valence-corrected chi connectivity index (χ4v) is 13.3. The Morgan fingerprint density at radius 3 is 0.839 bits per heavy atom. The third-order valence-electron chi connectivity index (χ3n) is 19.1. The van der Waals surface area contributed by atoms with E-state index in [1.807, 2.05) is 61.2 Å². The van der Waals surface area contributed by atoms with Gasteiger partial charge in [0.15, 0.2) is 17.5 Å². The molecule has 3 heterocycles. The highest BCUT2D eigenvalue weighted by Gasteiger charge is 2.25. The summed E-state index contributed by atoms with van der Waals surface area (Å²) < 4.78 is 17.6. The van der Waals surface area contributed by atoms with Crippen molar-refractivity contribution in [3.8, 4) is 51.4 Å². The first kappa shape index (κ1) is 68.8. The fourth-order valence-electron chi connectivity index (χ4n) is 13.3. The molecule has 3 aliphatic carbocycles. The Bertz CT molecular complexity index is 2660. The summed E-state index contributed by atoms with van der Waals surface area (Å²) >= 11 is 0. The van der Waals surface area contributed by atoms with Gasteiger partial charge >= 0.3 is 0 Å². The van der Waals surface area contributed by atoms with Gasteiger partial charge in [-0.1, -0.05) is 157 Å². The molecule has 0 amide bonds. The lowest BCUT2D eigenvalue weighted by molar-refractivity contribution is 0.304. The zero-order valence-corrected chi connectivity index (χ0v) is 55.2. The molecular weight excluding hydrogens is 1070 g/mol. The van der Waals surface area contributed by atoms with Crippen molar-refractivity contribution in [2.45, 2.75) is 271 Å². The number of aromatic nitrogens is 6. The molecule has 3 fully saturated rings. The van der Waals surface area contributed by atoms with E-state index in [-0.39, 0.29) is 0 Å². The second-order valence-electron chi connectivity index (χ2n) is 25.9. The molecule has 9 rings (SSSR count). The normalized spacial score (nSPS) is 19.2. The number of rotatable bonds is 33. The molecule has 0 unspecified atom stereocenters. The van der Waals surface area contributed by atoms with E-state index < -0.39 is 0 Å². The Morgan fingerprint density at radius 1 is 0.287 bits per heavy atom. The highest BCUT2D eigenvalue weighted by atomic mass is 16.5. The number of benzene rings is 3. The average molecular weight is 1180 g/mol. The summed E-state index contributed by atoms with van der Waals surface area (Å²) in [7, 11) is 0. The molecule has 474 valence electrons. The summed E-state index contributed by atoms with van der Waals surface area (Å²) in [5.41, 5.74) is 7.10. The van der Waals surface area contributed by atoms with Gasteiger partial charge in [0.25, 0.3) is 0 Å². The van der Waals surface area contributed by atoms with E-state index in [0.29, 0.717) is 17.8 Å². The molecule has 3 aliphatic rings. The van der Waals surface area contributed by atoms with Crippen LogP contribution in [0.4, 0.5) is 0 Å². The van der Waals surface area contributed by atoms with Gasteiger partial charge in [0.1, 0.15) is 17.2 Å². The number of ether oxygens (including phenoxy) is 3. The van der Waals surface area contributed by atoms with Gasteiger partial charge in [0.05, 0.1) is 19.8 Å². The molecule has 6 aromatic rings. The van der Waals surface area contributed by atoms with Crippen molar-refractivity contribution in [2.24, 2.45) is 17.8 Å². The van der Waals surface area contributed by atoms with Gasteiger partial charge < -0.3 is 14.2 Å². The Hall–Kier alpha value is -5.70. The van der Waals surface area contributed by atoms with Crippen LogP contribution in [-0.2, 0) is 0 Å². The Balaban J connectivity index is 0.000000187. The SMILES string of the molecule is CCCCCCCOc1ccc(-c2ncc(C3CCC(CC)CC3)cn2)cc1.CCCCCCCOc1ccc(-c2ncc(C3CCC(CCC)CC3)cn2)cc1.CCCCCCCOc1ccc(-c2ncc(C3CCC(CCCC)CC3)cn2)cc1. The molecule has 0 radical (unpaired) electrons. The molecule has 9 nitrogen and oxygen atoms in total. The van der Waals surface area contributed by atoms with Gasteiger partial charge in [-0.15, -0.1) is 0 Å². The van der Waals surface area contributed by atoms with Crippen LogP contribution in [0.1, 0.15) is 288 Å². The van der Waals surface area contributed by atoms with Gasteiger partial charge in [-0.05, 0) is 221 Å². The molecule has 0 N–H and O–H groups in total. The predicted molar refractivity (Wildman–Crippen MR) is 364 cm³/mol. The van der Waals surface area contributed by atoms with Crippen LogP contribution < -0.4 is 14.2 Å². The molecule has 9 heteroatoms. The van der Waals surface area contributed by atoms with Gasteiger partial charge in [-0.2, -0.15) is 0 Å². The van der Waals surface area contributed by atoms with Crippen molar-refractivity contribution >= 4 is 0 Å². The van der Waals surface area contributed by atoms with Crippen LogP contribution >= 0.6 is 0 Å². The third-order valence-corrected chi connectivity index (χ3v) is 19.1. The highest BCUT2D eigenvalue weighted by molar-refractivity contribution is 5.58. The van der Waals surface area contributed by atoms with Crippen molar-refractivity contribution in [3.63, 3.8) is 0 Å². The van der Waals surface area contributed by atoms with E-state index in [4.69, 9.17) is 14.2 Å². The minimum absolute atomic E-state index is 0.643. The summed E-state index contributed by atoms with van der Waals surface area (Å²) in [6.45, 7) is 16.0. The van der Waals surface area contributed by atoms with Gasteiger partial charge in [0, 0.05) is 53.9 Å². The monoisotopic (exact) mass is 1180 g/mol. The van der Waals surface area contributed by atoms with E-state index in [2.05, 4.69) is 120 Å². The quantitative estimate of drug-likeness (QED) is 0.0373. The maximum atomic E-state index is 5.87. The summed E-state index contributed by atoms with van der Waals surface area (Å²) in [6, 6.07) is 24.6. The molecule has 3 aromatic carbocycles. The second kappa shape index (κ2) is 40.8. The van der Waals surface area contributed by atoms with Crippen molar-refractivity contribution < 1.29 is 14.2 Å². The number of unbranched alkanes of at least 4 members (excludes halogenated alkanes) is 13. The minimum Gasteiger partial charge on any atom is -0.494 e. The van der Waals surface area contributed by atoms with Crippen LogP contribution in [0.2, 0.25) is 0 Å². The first-order chi connectivity index (χ1) is 42.9. The van der Waals surface area contributed by atoms with E-state index in [1.165, 1.54) is 209 Å². The minimum atomic E-state index is 0.643. The average Bonchev–Trinajstić information content (AvgIpc) is 3.78. The van der Waals surface area contributed by atoms with E-state index in [0.717, 1.165) is 108 Å².